The molecule has 1 amide bonds. The van der Waals surface area contributed by atoms with Gasteiger partial charge in [0, 0.05) is 27.9 Å². The molecule has 134 valence electrons. The second kappa shape index (κ2) is 6.81. The number of fused-ring (bicyclic) bond motifs is 2. The van der Waals surface area contributed by atoms with Gasteiger partial charge >= 0.3 is 0 Å². The van der Waals surface area contributed by atoms with E-state index >= 15 is 0 Å². The summed E-state index contributed by atoms with van der Waals surface area (Å²) in [5.74, 6) is 0.147. The molecule has 0 atom stereocenters. The fraction of sp³-hybridized carbons (Fsp3) is 0.105. The Morgan fingerprint density at radius 1 is 1.04 bits per heavy atom. The fourth-order valence-corrected chi connectivity index (χ4v) is 3.54. The number of aromatic amines is 1. The van der Waals surface area contributed by atoms with Crippen molar-refractivity contribution in [2.45, 2.75) is 12.1 Å². The summed E-state index contributed by atoms with van der Waals surface area (Å²) in [4.78, 5) is 41.6. The number of ketones is 2. The summed E-state index contributed by atoms with van der Waals surface area (Å²) in [7, 11) is 0. The zero-order valence-electron chi connectivity index (χ0n) is 14.3. The Morgan fingerprint density at radius 3 is 2.37 bits per heavy atom. The molecule has 0 radical (unpaired) electrons. The number of rotatable bonds is 4. The van der Waals surface area contributed by atoms with Crippen LogP contribution in [0.4, 0.5) is 5.69 Å². The molecular formula is C19H14N4O3S. The molecule has 2 N–H and O–H groups in total. The first-order chi connectivity index (χ1) is 13.0. The zero-order valence-corrected chi connectivity index (χ0v) is 15.1. The Hall–Kier alpha value is -3.26. The van der Waals surface area contributed by atoms with E-state index < -0.39 is 0 Å². The van der Waals surface area contributed by atoms with Crippen molar-refractivity contribution in [1.82, 2.24) is 15.2 Å². The largest absolute Gasteiger partial charge is 0.325 e. The van der Waals surface area contributed by atoms with Gasteiger partial charge in [-0.2, -0.15) is 0 Å². The Labute approximate surface area is 158 Å². The highest BCUT2D eigenvalue weighted by Crippen LogP contribution is 2.29. The van der Waals surface area contributed by atoms with Gasteiger partial charge in [0.15, 0.2) is 11.6 Å². The van der Waals surface area contributed by atoms with Crippen molar-refractivity contribution in [3.05, 3.63) is 70.5 Å². The summed E-state index contributed by atoms with van der Waals surface area (Å²) in [5.41, 5.74) is 1.90. The van der Waals surface area contributed by atoms with Gasteiger partial charge in [-0.3, -0.25) is 19.5 Å². The van der Waals surface area contributed by atoms with Gasteiger partial charge in [-0.25, -0.2) is 4.98 Å². The van der Waals surface area contributed by atoms with Crippen molar-refractivity contribution < 1.29 is 14.4 Å². The van der Waals surface area contributed by atoms with Gasteiger partial charge in [-0.15, -0.1) is 5.10 Å². The standard InChI is InChI=1S/C19H14N4O3S/c1-10-20-19(23-22-10)27-9-16(24)21-11-6-7-14-15(8-11)18(26)13-5-3-2-4-12(13)17(14)25/h2-8H,9H2,1H3,(H,21,24)(H,20,22,23). The molecule has 0 saturated heterocycles. The van der Waals surface area contributed by atoms with Gasteiger partial charge in [-0.1, -0.05) is 36.0 Å². The molecule has 0 spiro atoms. The number of H-pyrrole nitrogens is 1. The van der Waals surface area contributed by atoms with E-state index in [2.05, 4.69) is 20.5 Å². The molecule has 7 nitrogen and oxygen atoms in total. The number of hydrogen-bond acceptors (Lipinski definition) is 6. The summed E-state index contributed by atoms with van der Waals surface area (Å²) in [6.45, 7) is 1.78. The number of carbonyl (C=O) groups is 3. The van der Waals surface area contributed by atoms with Crippen LogP contribution in [0, 0.1) is 6.92 Å². The molecule has 3 aromatic rings. The minimum absolute atomic E-state index is 0.129. The molecule has 2 aromatic carbocycles. The molecule has 27 heavy (non-hydrogen) atoms. The predicted octanol–water partition coefficient (Wildman–Crippen LogP) is 2.62. The summed E-state index contributed by atoms with van der Waals surface area (Å²) < 4.78 is 0. The van der Waals surface area contributed by atoms with Crippen molar-refractivity contribution in [3.63, 3.8) is 0 Å². The molecule has 0 unspecified atom stereocenters. The van der Waals surface area contributed by atoms with Crippen LogP contribution >= 0.6 is 11.8 Å². The van der Waals surface area contributed by atoms with E-state index in [9.17, 15) is 14.4 Å². The molecule has 1 heterocycles. The topological polar surface area (TPSA) is 105 Å². The number of aryl methyl sites for hydroxylation is 1. The minimum Gasteiger partial charge on any atom is -0.325 e. The molecular weight excluding hydrogens is 364 g/mol. The zero-order chi connectivity index (χ0) is 19.0. The Kier molecular flexibility index (Phi) is 4.33. The normalized spacial score (nSPS) is 12.5. The van der Waals surface area contributed by atoms with Crippen LogP contribution in [-0.2, 0) is 4.79 Å². The molecule has 1 aliphatic rings. The summed E-state index contributed by atoms with van der Waals surface area (Å²) in [5, 5.41) is 9.90. The number of anilines is 1. The first-order valence-corrected chi connectivity index (χ1v) is 9.15. The first kappa shape index (κ1) is 17.2. The van der Waals surface area contributed by atoms with Crippen LogP contribution in [0.25, 0.3) is 0 Å². The van der Waals surface area contributed by atoms with Crippen LogP contribution in [0.5, 0.6) is 0 Å². The van der Waals surface area contributed by atoms with E-state index in [0.717, 1.165) is 0 Å². The number of hydrogen-bond donors (Lipinski definition) is 2. The summed E-state index contributed by atoms with van der Waals surface area (Å²) in [6, 6.07) is 11.5. The van der Waals surface area contributed by atoms with Crippen molar-refractivity contribution in [3.8, 4) is 0 Å². The lowest BCUT2D eigenvalue weighted by atomic mass is 9.84. The number of nitrogens with zero attached hydrogens (tertiary/aromatic N) is 2. The number of amides is 1. The lowest BCUT2D eigenvalue weighted by molar-refractivity contribution is -0.113. The van der Waals surface area contributed by atoms with Crippen LogP contribution in [0.2, 0.25) is 0 Å². The SMILES string of the molecule is Cc1nc(SCC(=O)Nc2ccc3c(c2)C(=O)c2ccccc2C3=O)n[nH]1. The van der Waals surface area contributed by atoms with E-state index in [1.165, 1.54) is 11.8 Å². The lowest BCUT2D eigenvalue weighted by Gasteiger charge is -2.18. The molecule has 0 saturated carbocycles. The lowest BCUT2D eigenvalue weighted by Crippen LogP contribution is -2.21. The molecule has 0 bridgehead atoms. The maximum absolute atomic E-state index is 12.7. The highest BCUT2D eigenvalue weighted by atomic mass is 32.2. The van der Waals surface area contributed by atoms with Crippen molar-refractivity contribution in [2.75, 3.05) is 11.1 Å². The highest BCUT2D eigenvalue weighted by molar-refractivity contribution is 7.99. The van der Waals surface area contributed by atoms with Crippen LogP contribution in [0.1, 0.15) is 37.7 Å². The molecule has 4 rings (SSSR count). The van der Waals surface area contributed by atoms with Gasteiger partial charge in [0.05, 0.1) is 5.75 Å². The maximum Gasteiger partial charge on any atom is 0.234 e. The smallest absolute Gasteiger partial charge is 0.234 e. The average molecular weight is 378 g/mol. The van der Waals surface area contributed by atoms with Gasteiger partial charge in [-0.05, 0) is 25.1 Å². The number of thioether (sulfide) groups is 1. The third-order valence-electron chi connectivity index (χ3n) is 4.12. The van der Waals surface area contributed by atoms with Crippen LogP contribution in [0.3, 0.4) is 0 Å². The van der Waals surface area contributed by atoms with Gasteiger partial charge in [0.25, 0.3) is 0 Å². The number of aromatic nitrogens is 3. The van der Waals surface area contributed by atoms with Crippen molar-refractivity contribution in [2.24, 2.45) is 0 Å². The second-order valence-corrected chi connectivity index (χ2v) is 6.95. The van der Waals surface area contributed by atoms with E-state index in [-0.39, 0.29) is 23.2 Å². The molecule has 0 fully saturated rings. The average Bonchev–Trinajstić information content (AvgIpc) is 3.10. The Balaban J connectivity index is 1.52. The fourth-order valence-electron chi connectivity index (χ4n) is 2.89. The van der Waals surface area contributed by atoms with E-state index in [4.69, 9.17) is 0 Å². The van der Waals surface area contributed by atoms with E-state index in [0.29, 0.717) is 38.9 Å². The van der Waals surface area contributed by atoms with Crippen LogP contribution in [0.15, 0.2) is 47.6 Å². The minimum atomic E-state index is -0.252. The summed E-state index contributed by atoms with van der Waals surface area (Å²) >= 11 is 1.20. The molecule has 1 aromatic heterocycles. The molecule has 1 aliphatic carbocycles. The van der Waals surface area contributed by atoms with Gasteiger partial charge in [0.1, 0.15) is 5.82 Å². The number of benzene rings is 2. The monoisotopic (exact) mass is 378 g/mol. The van der Waals surface area contributed by atoms with Crippen LogP contribution in [-0.4, -0.2) is 38.4 Å². The number of carbonyl (C=O) groups excluding carboxylic acids is 3. The number of nitrogens with one attached hydrogen (secondary N) is 2. The quantitative estimate of drug-likeness (QED) is 0.529. The van der Waals surface area contributed by atoms with Crippen molar-refractivity contribution >= 4 is 34.9 Å². The molecule has 0 aliphatic heterocycles. The Bertz CT molecular complexity index is 1090. The third-order valence-corrected chi connectivity index (χ3v) is 4.97. The van der Waals surface area contributed by atoms with E-state index in [1.807, 2.05) is 0 Å². The maximum atomic E-state index is 12.7. The van der Waals surface area contributed by atoms with Crippen molar-refractivity contribution in [1.29, 1.82) is 0 Å². The predicted molar refractivity (Wildman–Crippen MR) is 100 cm³/mol. The second-order valence-electron chi connectivity index (χ2n) is 6.00. The third kappa shape index (κ3) is 3.26. The van der Waals surface area contributed by atoms with Gasteiger partial charge < -0.3 is 5.32 Å². The first-order valence-electron chi connectivity index (χ1n) is 8.17. The van der Waals surface area contributed by atoms with Gasteiger partial charge in [0.2, 0.25) is 11.1 Å². The molecule has 8 heteroatoms. The van der Waals surface area contributed by atoms with Crippen LogP contribution < -0.4 is 5.32 Å². The Morgan fingerprint density at radius 2 is 1.70 bits per heavy atom. The highest BCUT2D eigenvalue weighted by Gasteiger charge is 2.29. The summed E-state index contributed by atoms with van der Waals surface area (Å²) in [6.07, 6.45) is 0. The van der Waals surface area contributed by atoms with E-state index in [1.54, 1.807) is 49.4 Å².